The topological polar surface area (TPSA) is 37.4 Å². The molecule has 1 atom stereocenters. The van der Waals surface area contributed by atoms with E-state index in [9.17, 15) is 0 Å². The van der Waals surface area contributed by atoms with Crippen LogP contribution in [-0.4, -0.2) is 42.2 Å². The molecule has 21 heavy (non-hydrogen) atoms. The number of pyridine rings is 1. The molecule has 0 fully saturated rings. The van der Waals surface area contributed by atoms with Crippen molar-refractivity contribution in [2.24, 2.45) is 0 Å². The first-order chi connectivity index (χ1) is 10.0. The molecule has 1 aromatic rings. The van der Waals surface area contributed by atoms with Crippen LogP contribution in [0.1, 0.15) is 52.6 Å². The van der Waals surface area contributed by atoms with E-state index in [0.29, 0.717) is 0 Å². The Morgan fingerprint density at radius 2 is 1.90 bits per heavy atom. The summed E-state index contributed by atoms with van der Waals surface area (Å²) in [4.78, 5) is 6.81. The summed E-state index contributed by atoms with van der Waals surface area (Å²) < 4.78 is 5.33. The van der Waals surface area contributed by atoms with E-state index in [2.05, 4.69) is 55.9 Å². The molecule has 0 spiro atoms. The summed E-state index contributed by atoms with van der Waals surface area (Å²) >= 11 is 0. The maximum atomic E-state index is 5.33. The van der Waals surface area contributed by atoms with Crippen molar-refractivity contribution in [2.45, 2.75) is 52.6 Å². The molecule has 0 aliphatic carbocycles. The number of methoxy groups -OCH3 is 1. The fourth-order valence-corrected chi connectivity index (χ4v) is 2.99. The normalized spacial score (nSPS) is 13.5. The Morgan fingerprint density at radius 1 is 1.24 bits per heavy atom. The van der Waals surface area contributed by atoms with Crippen molar-refractivity contribution in [1.29, 1.82) is 0 Å². The molecule has 1 unspecified atom stereocenters. The summed E-state index contributed by atoms with van der Waals surface area (Å²) in [6, 6.07) is 2.31. The van der Waals surface area contributed by atoms with Gasteiger partial charge in [-0.25, -0.2) is 0 Å². The van der Waals surface area contributed by atoms with Gasteiger partial charge in [0.05, 0.1) is 19.3 Å². The van der Waals surface area contributed by atoms with Crippen molar-refractivity contribution in [1.82, 2.24) is 15.2 Å². The Bertz CT molecular complexity index is 416. The highest BCUT2D eigenvalue weighted by molar-refractivity contribution is 5.28. The first kappa shape index (κ1) is 17.9. The van der Waals surface area contributed by atoms with Gasteiger partial charge in [0, 0.05) is 11.7 Å². The highest BCUT2D eigenvalue weighted by atomic mass is 16.5. The van der Waals surface area contributed by atoms with Crippen LogP contribution in [-0.2, 0) is 0 Å². The predicted molar refractivity (Wildman–Crippen MR) is 88.8 cm³/mol. The Morgan fingerprint density at radius 3 is 2.43 bits per heavy atom. The number of ether oxygens (including phenoxy) is 1. The van der Waals surface area contributed by atoms with E-state index in [-0.39, 0.29) is 11.6 Å². The second-order valence-electron chi connectivity index (χ2n) is 5.87. The SMILES string of the molecule is CCCNC(c1cncc(OC)c1)C(C)(C)N(CC)CC. The van der Waals surface area contributed by atoms with E-state index in [4.69, 9.17) is 4.74 Å². The fourth-order valence-electron chi connectivity index (χ4n) is 2.99. The smallest absolute Gasteiger partial charge is 0.137 e. The molecular weight excluding hydrogens is 262 g/mol. The maximum Gasteiger partial charge on any atom is 0.137 e. The maximum absolute atomic E-state index is 5.33. The molecule has 1 heterocycles. The molecule has 0 saturated heterocycles. The van der Waals surface area contributed by atoms with E-state index in [1.807, 2.05) is 6.20 Å². The second kappa shape index (κ2) is 8.35. The highest BCUT2D eigenvalue weighted by Gasteiger charge is 2.35. The van der Waals surface area contributed by atoms with Gasteiger partial charge < -0.3 is 10.1 Å². The third-order valence-electron chi connectivity index (χ3n) is 4.19. The van der Waals surface area contributed by atoms with E-state index in [1.54, 1.807) is 13.3 Å². The molecule has 0 amide bonds. The Balaban J connectivity index is 3.14. The lowest BCUT2D eigenvalue weighted by Gasteiger charge is -2.44. The molecule has 0 saturated carbocycles. The number of hydrogen-bond acceptors (Lipinski definition) is 4. The molecule has 0 aliphatic heterocycles. The second-order valence-corrected chi connectivity index (χ2v) is 5.87. The summed E-state index contributed by atoms with van der Waals surface area (Å²) in [7, 11) is 1.69. The van der Waals surface area contributed by atoms with Crippen LogP contribution in [0.25, 0.3) is 0 Å². The Labute approximate surface area is 129 Å². The van der Waals surface area contributed by atoms with Gasteiger partial charge in [-0.05, 0) is 51.5 Å². The van der Waals surface area contributed by atoms with Gasteiger partial charge in [0.15, 0.2) is 0 Å². The van der Waals surface area contributed by atoms with Crippen molar-refractivity contribution >= 4 is 0 Å². The predicted octanol–water partition coefficient (Wildman–Crippen LogP) is 3.25. The van der Waals surface area contributed by atoms with Crippen LogP contribution in [0.4, 0.5) is 0 Å². The highest BCUT2D eigenvalue weighted by Crippen LogP contribution is 2.32. The monoisotopic (exact) mass is 293 g/mol. The zero-order valence-electron chi connectivity index (χ0n) is 14.4. The molecule has 1 rings (SSSR count). The standard InChI is InChI=1S/C17H31N3O/c1-7-10-19-16(17(4,5)20(8-2)9-3)14-11-15(21-6)13-18-12-14/h11-13,16,19H,7-10H2,1-6H3. The molecule has 4 nitrogen and oxygen atoms in total. The number of aromatic nitrogens is 1. The summed E-state index contributed by atoms with van der Waals surface area (Å²) in [6.07, 6.45) is 4.81. The van der Waals surface area contributed by atoms with E-state index < -0.39 is 0 Å². The van der Waals surface area contributed by atoms with Gasteiger partial charge in [0.25, 0.3) is 0 Å². The van der Waals surface area contributed by atoms with Crippen LogP contribution in [0.3, 0.4) is 0 Å². The number of rotatable bonds is 9. The zero-order chi connectivity index (χ0) is 15.9. The molecule has 0 radical (unpaired) electrons. The Kier molecular flexibility index (Phi) is 7.12. The van der Waals surface area contributed by atoms with Gasteiger partial charge in [-0.2, -0.15) is 0 Å². The van der Waals surface area contributed by atoms with Crippen LogP contribution in [0, 0.1) is 0 Å². The number of nitrogens with zero attached hydrogens (tertiary/aromatic N) is 2. The van der Waals surface area contributed by atoms with E-state index >= 15 is 0 Å². The summed E-state index contributed by atoms with van der Waals surface area (Å²) in [5.74, 6) is 0.811. The molecule has 0 aliphatic rings. The minimum atomic E-state index is 0.00666. The third-order valence-corrected chi connectivity index (χ3v) is 4.19. The molecule has 0 bridgehead atoms. The van der Waals surface area contributed by atoms with Gasteiger partial charge in [-0.15, -0.1) is 0 Å². The lowest BCUT2D eigenvalue weighted by atomic mass is 9.87. The summed E-state index contributed by atoms with van der Waals surface area (Å²) in [5, 5.41) is 3.69. The van der Waals surface area contributed by atoms with Gasteiger partial charge in [-0.3, -0.25) is 9.88 Å². The van der Waals surface area contributed by atoms with Crippen molar-refractivity contribution in [2.75, 3.05) is 26.7 Å². The molecule has 1 aromatic heterocycles. The van der Waals surface area contributed by atoms with Gasteiger partial charge in [0.1, 0.15) is 5.75 Å². The minimum Gasteiger partial charge on any atom is -0.495 e. The number of hydrogen-bond donors (Lipinski definition) is 1. The number of likely N-dealkylation sites (N-methyl/N-ethyl adjacent to an activating group) is 1. The number of nitrogens with one attached hydrogen (secondary N) is 1. The average Bonchev–Trinajstić information content (AvgIpc) is 2.48. The van der Waals surface area contributed by atoms with Gasteiger partial charge in [-0.1, -0.05) is 20.8 Å². The van der Waals surface area contributed by atoms with Crippen LogP contribution < -0.4 is 10.1 Å². The molecule has 0 aromatic carbocycles. The molecule has 4 heteroatoms. The van der Waals surface area contributed by atoms with Crippen molar-refractivity contribution < 1.29 is 4.74 Å². The van der Waals surface area contributed by atoms with Crippen LogP contribution >= 0.6 is 0 Å². The third kappa shape index (κ3) is 4.42. The lowest BCUT2D eigenvalue weighted by molar-refractivity contribution is 0.0909. The molecule has 120 valence electrons. The molecular formula is C17H31N3O. The Hall–Kier alpha value is -1.13. The van der Waals surface area contributed by atoms with E-state index in [1.165, 1.54) is 5.56 Å². The van der Waals surface area contributed by atoms with Crippen molar-refractivity contribution in [3.63, 3.8) is 0 Å². The van der Waals surface area contributed by atoms with Crippen molar-refractivity contribution in [3.05, 3.63) is 24.0 Å². The minimum absolute atomic E-state index is 0.00666. The van der Waals surface area contributed by atoms with Crippen LogP contribution in [0.5, 0.6) is 5.75 Å². The summed E-state index contributed by atoms with van der Waals surface area (Å²) in [6.45, 7) is 14.3. The van der Waals surface area contributed by atoms with Crippen LogP contribution in [0.2, 0.25) is 0 Å². The summed E-state index contributed by atoms with van der Waals surface area (Å²) in [5.41, 5.74) is 1.19. The van der Waals surface area contributed by atoms with E-state index in [0.717, 1.165) is 31.8 Å². The average molecular weight is 293 g/mol. The largest absolute Gasteiger partial charge is 0.495 e. The quantitative estimate of drug-likeness (QED) is 0.758. The van der Waals surface area contributed by atoms with Crippen molar-refractivity contribution in [3.8, 4) is 5.75 Å². The van der Waals surface area contributed by atoms with Crippen LogP contribution in [0.15, 0.2) is 18.5 Å². The zero-order valence-corrected chi connectivity index (χ0v) is 14.4. The first-order valence-electron chi connectivity index (χ1n) is 7.98. The fraction of sp³-hybridized carbons (Fsp3) is 0.706. The lowest BCUT2D eigenvalue weighted by Crippen LogP contribution is -2.52. The van der Waals surface area contributed by atoms with Gasteiger partial charge >= 0.3 is 0 Å². The first-order valence-corrected chi connectivity index (χ1v) is 7.98. The van der Waals surface area contributed by atoms with Gasteiger partial charge in [0.2, 0.25) is 0 Å². The molecule has 1 N–H and O–H groups in total.